The average Bonchev–Trinajstić information content (AvgIpc) is 2.33. The van der Waals surface area contributed by atoms with Crippen molar-refractivity contribution in [3.63, 3.8) is 0 Å². The summed E-state index contributed by atoms with van der Waals surface area (Å²) in [6.45, 7) is 7.54. The van der Waals surface area contributed by atoms with Crippen LogP contribution in [0, 0.1) is 5.92 Å². The summed E-state index contributed by atoms with van der Waals surface area (Å²) in [5.41, 5.74) is 8.63. The molecule has 3 heteroatoms. The molecule has 2 unspecified atom stereocenters. The molecule has 2 N–H and O–H groups in total. The molecule has 2 rings (SSSR count). The van der Waals surface area contributed by atoms with Gasteiger partial charge in [-0.05, 0) is 25.0 Å². The molecule has 3 nitrogen and oxygen atoms in total. The maximum atomic E-state index is 5.96. The quantitative estimate of drug-likeness (QED) is 0.866. The summed E-state index contributed by atoms with van der Waals surface area (Å²) < 4.78 is 0. The fourth-order valence-electron chi connectivity index (χ4n) is 2.27. The highest BCUT2D eigenvalue weighted by atomic mass is 15.2. The molecule has 0 spiro atoms. The molecular weight excluding hydrogens is 210 g/mol. The molecule has 2 atom stereocenters. The number of fused-ring (bicyclic) bond motifs is 1. The van der Waals surface area contributed by atoms with Crippen LogP contribution in [0.3, 0.4) is 0 Å². The lowest BCUT2D eigenvalue weighted by atomic mass is 10.0. The molecular formula is C14H23N3. The van der Waals surface area contributed by atoms with Crippen LogP contribution < -0.4 is 15.5 Å². The first-order valence-corrected chi connectivity index (χ1v) is 6.40. The lowest BCUT2D eigenvalue weighted by molar-refractivity contribution is 0.473. The smallest absolute Gasteiger partial charge is 0.0604 e. The molecule has 1 aliphatic rings. The predicted octanol–water partition coefficient (Wildman–Crippen LogP) is 1.93. The Labute approximate surface area is 104 Å². The van der Waals surface area contributed by atoms with Crippen LogP contribution >= 0.6 is 0 Å². The van der Waals surface area contributed by atoms with E-state index in [1.807, 2.05) is 0 Å². The van der Waals surface area contributed by atoms with Gasteiger partial charge in [0.05, 0.1) is 11.4 Å². The van der Waals surface area contributed by atoms with Crippen LogP contribution in [0.1, 0.15) is 13.8 Å². The molecule has 1 aliphatic heterocycles. The normalized spacial score (nSPS) is 18.8. The number of nitrogens with zero attached hydrogens (tertiary/aromatic N) is 2. The zero-order valence-electron chi connectivity index (χ0n) is 11.1. The van der Waals surface area contributed by atoms with Crippen molar-refractivity contribution in [3.05, 3.63) is 24.3 Å². The molecule has 17 heavy (non-hydrogen) atoms. The van der Waals surface area contributed by atoms with E-state index < -0.39 is 0 Å². The number of para-hydroxylation sites is 2. The van der Waals surface area contributed by atoms with Crippen molar-refractivity contribution in [3.8, 4) is 0 Å². The summed E-state index contributed by atoms with van der Waals surface area (Å²) >= 11 is 0. The maximum Gasteiger partial charge on any atom is 0.0604 e. The first-order valence-electron chi connectivity index (χ1n) is 6.40. The van der Waals surface area contributed by atoms with Gasteiger partial charge in [0.25, 0.3) is 0 Å². The number of likely N-dealkylation sites (N-methyl/N-ethyl adjacent to an activating group) is 1. The summed E-state index contributed by atoms with van der Waals surface area (Å²) in [6, 6.07) is 8.87. The van der Waals surface area contributed by atoms with Gasteiger partial charge in [0, 0.05) is 32.7 Å². The largest absolute Gasteiger partial charge is 0.371 e. The first kappa shape index (κ1) is 12.2. The lowest BCUT2D eigenvalue weighted by Gasteiger charge is -2.38. The minimum absolute atomic E-state index is 0.252. The van der Waals surface area contributed by atoms with Gasteiger partial charge in [-0.1, -0.05) is 19.1 Å². The van der Waals surface area contributed by atoms with E-state index in [9.17, 15) is 0 Å². The van der Waals surface area contributed by atoms with Gasteiger partial charge in [-0.2, -0.15) is 0 Å². The standard InChI is InChI=1S/C14H23N3/c1-11(12(2)15)10-17-9-8-16(3)13-6-4-5-7-14(13)17/h4-7,11-12H,8-10,15H2,1-3H3. The number of nitrogens with two attached hydrogens (primary N) is 1. The van der Waals surface area contributed by atoms with Crippen LogP contribution in [0.4, 0.5) is 11.4 Å². The Morgan fingerprint density at radius 2 is 1.82 bits per heavy atom. The third-order valence-corrected chi connectivity index (χ3v) is 3.74. The second kappa shape index (κ2) is 4.96. The van der Waals surface area contributed by atoms with Crippen LogP contribution in [0.2, 0.25) is 0 Å². The Hall–Kier alpha value is -1.22. The van der Waals surface area contributed by atoms with Crippen LogP contribution in [-0.4, -0.2) is 32.7 Å². The van der Waals surface area contributed by atoms with Crippen molar-refractivity contribution in [1.29, 1.82) is 0 Å². The van der Waals surface area contributed by atoms with E-state index in [1.165, 1.54) is 11.4 Å². The molecule has 0 fully saturated rings. The number of hydrogen-bond donors (Lipinski definition) is 1. The van der Waals surface area contributed by atoms with Crippen molar-refractivity contribution in [1.82, 2.24) is 0 Å². The fourth-order valence-corrected chi connectivity index (χ4v) is 2.27. The van der Waals surface area contributed by atoms with Crippen molar-refractivity contribution < 1.29 is 0 Å². The highest BCUT2D eigenvalue weighted by Gasteiger charge is 2.21. The molecule has 94 valence electrons. The average molecular weight is 233 g/mol. The Morgan fingerprint density at radius 3 is 2.47 bits per heavy atom. The highest BCUT2D eigenvalue weighted by Crippen LogP contribution is 2.32. The van der Waals surface area contributed by atoms with Crippen molar-refractivity contribution in [2.45, 2.75) is 19.9 Å². The molecule has 1 aromatic carbocycles. The minimum atomic E-state index is 0.252. The van der Waals surface area contributed by atoms with E-state index in [2.05, 4.69) is 55.0 Å². The summed E-state index contributed by atoms with van der Waals surface area (Å²) in [7, 11) is 2.16. The van der Waals surface area contributed by atoms with Gasteiger partial charge in [0.15, 0.2) is 0 Å². The minimum Gasteiger partial charge on any atom is -0.371 e. The van der Waals surface area contributed by atoms with Gasteiger partial charge < -0.3 is 15.5 Å². The second-order valence-electron chi connectivity index (χ2n) is 5.19. The molecule has 0 radical (unpaired) electrons. The predicted molar refractivity (Wildman–Crippen MR) is 74.7 cm³/mol. The number of rotatable bonds is 3. The molecule has 1 heterocycles. The Bertz CT molecular complexity index is 375. The Balaban J connectivity index is 2.18. The second-order valence-corrected chi connectivity index (χ2v) is 5.19. The first-order chi connectivity index (χ1) is 8.09. The van der Waals surface area contributed by atoms with E-state index in [1.54, 1.807) is 0 Å². The number of hydrogen-bond acceptors (Lipinski definition) is 3. The monoisotopic (exact) mass is 233 g/mol. The zero-order valence-corrected chi connectivity index (χ0v) is 11.1. The van der Waals surface area contributed by atoms with Crippen LogP contribution in [0.25, 0.3) is 0 Å². The van der Waals surface area contributed by atoms with E-state index in [0.717, 1.165) is 19.6 Å². The van der Waals surface area contributed by atoms with E-state index in [0.29, 0.717) is 5.92 Å². The van der Waals surface area contributed by atoms with E-state index >= 15 is 0 Å². The molecule has 0 aromatic heterocycles. The zero-order chi connectivity index (χ0) is 12.4. The molecule has 0 aliphatic carbocycles. The summed E-state index contributed by atoms with van der Waals surface area (Å²) in [5, 5.41) is 0. The highest BCUT2D eigenvalue weighted by molar-refractivity contribution is 5.73. The summed E-state index contributed by atoms with van der Waals surface area (Å²) in [6.07, 6.45) is 0. The van der Waals surface area contributed by atoms with Crippen LogP contribution in [0.15, 0.2) is 24.3 Å². The topological polar surface area (TPSA) is 32.5 Å². The molecule has 1 aromatic rings. The van der Waals surface area contributed by atoms with Gasteiger partial charge in [-0.15, -0.1) is 0 Å². The van der Waals surface area contributed by atoms with E-state index in [-0.39, 0.29) is 6.04 Å². The van der Waals surface area contributed by atoms with Crippen LogP contribution in [0.5, 0.6) is 0 Å². The van der Waals surface area contributed by atoms with Crippen LogP contribution in [-0.2, 0) is 0 Å². The fraction of sp³-hybridized carbons (Fsp3) is 0.571. The summed E-state index contributed by atoms with van der Waals surface area (Å²) in [5.74, 6) is 0.520. The maximum absolute atomic E-state index is 5.96. The van der Waals surface area contributed by atoms with Crippen molar-refractivity contribution in [2.75, 3.05) is 36.5 Å². The molecule has 0 saturated heterocycles. The summed E-state index contributed by atoms with van der Waals surface area (Å²) in [4.78, 5) is 4.78. The van der Waals surface area contributed by atoms with E-state index in [4.69, 9.17) is 5.73 Å². The third kappa shape index (κ3) is 2.55. The SMILES string of the molecule is CC(N)C(C)CN1CCN(C)c2ccccc21. The van der Waals surface area contributed by atoms with Gasteiger partial charge >= 0.3 is 0 Å². The lowest BCUT2D eigenvalue weighted by Crippen LogP contribution is -2.43. The Kier molecular flexibility index (Phi) is 3.57. The molecule has 0 saturated carbocycles. The van der Waals surface area contributed by atoms with Crippen molar-refractivity contribution in [2.24, 2.45) is 11.7 Å². The van der Waals surface area contributed by atoms with Gasteiger partial charge in [-0.25, -0.2) is 0 Å². The van der Waals surface area contributed by atoms with Crippen molar-refractivity contribution >= 4 is 11.4 Å². The molecule has 0 amide bonds. The number of anilines is 2. The van der Waals surface area contributed by atoms with Gasteiger partial charge in [-0.3, -0.25) is 0 Å². The number of benzene rings is 1. The third-order valence-electron chi connectivity index (χ3n) is 3.74. The Morgan fingerprint density at radius 1 is 1.18 bits per heavy atom. The van der Waals surface area contributed by atoms with Gasteiger partial charge in [0.1, 0.15) is 0 Å². The molecule has 0 bridgehead atoms. The van der Waals surface area contributed by atoms with Gasteiger partial charge in [0.2, 0.25) is 0 Å².